The van der Waals surface area contributed by atoms with E-state index in [1.54, 1.807) is 0 Å². The highest BCUT2D eigenvalue weighted by atomic mass is 32.2. The van der Waals surface area contributed by atoms with E-state index in [0.29, 0.717) is 13.2 Å². The van der Waals surface area contributed by atoms with Gasteiger partial charge >= 0.3 is 0 Å². The van der Waals surface area contributed by atoms with E-state index in [2.05, 4.69) is 17.0 Å². The Kier molecular flexibility index (Phi) is 6.43. The predicted octanol–water partition coefficient (Wildman–Crippen LogP) is 2.68. The van der Waals surface area contributed by atoms with Crippen LogP contribution < -0.4 is 0 Å². The van der Waals surface area contributed by atoms with Gasteiger partial charge in [0.2, 0.25) is 0 Å². The van der Waals surface area contributed by atoms with Gasteiger partial charge in [-0.1, -0.05) is 60.7 Å². The summed E-state index contributed by atoms with van der Waals surface area (Å²) in [5.41, 5.74) is 2.34. The van der Waals surface area contributed by atoms with E-state index in [1.165, 1.54) is 5.56 Å². The van der Waals surface area contributed by atoms with Crippen molar-refractivity contribution in [3.63, 3.8) is 0 Å². The number of nitrogens with zero attached hydrogens (tertiary/aromatic N) is 1. The summed E-state index contributed by atoms with van der Waals surface area (Å²) in [4.78, 5) is 2.25. The van der Waals surface area contributed by atoms with Crippen LogP contribution >= 0.6 is 0 Å². The normalized spacial score (nSPS) is 20.7. The monoisotopic (exact) mass is 375 g/mol. The van der Waals surface area contributed by atoms with Gasteiger partial charge in [-0.15, -0.1) is 0 Å². The highest BCUT2D eigenvalue weighted by Crippen LogP contribution is 2.28. The predicted molar refractivity (Wildman–Crippen MR) is 101 cm³/mol. The van der Waals surface area contributed by atoms with Crippen molar-refractivity contribution in [2.75, 3.05) is 26.0 Å². The molecule has 2 atom stereocenters. The molecule has 5 nitrogen and oxygen atoms in total. The number of likely N-dealkylation sites (tertiary alicyclic amines) is 1. The van der Waals surface area contributed by atoms with Gasteiger partial charge in [0.05, 0.1) is 26.1 Å². The first kappa shape index (κ1) is 19.0. The van der Waals surface area contributed by atoms with E-state index in [9.17, 15) is 8.42 Å². The smallest absolute Gasteiger partial charge is 0.264 e. The maximum Gasteiger partial charge on any atom is 0.264 e. The van der Waals surface area contributed by atoms with Crippen molar-refractivity contribution < 1.29 is 17.3 Å². The van der Waals surface area contributed by atoms with Crippen molar-refractivity contribution in [2.24, 2.45) is 5.92 Å². The Balaban J connectivity index is 1.54. The van der Waals surface area contributed by atoms with E-state index in [1.807, 2.05) is 48.5 Å². The minimum atomic E-state index is -3.45. The van der Waals surface area contributed by atoms with E-state index in [0.717, 1.165) is 24.9 Å². The lowest BCUT2D eigenvalue weighted by atomic mass is 9.89. The number of ether oxygens (including phenoxy) is 1. The fourth-order valence-electron chi connectivity index (χ4n) is 3.22. The number of hydrogen-bond acceptors (Lipinski definition) is 5. The van der Waals surface area contributed by atoms with Crippen LogP contribution in [0.1, 0.15) is 11.1 Å². The molecule has 2 unspecified atom stereocenters. The zero-order valence-corrected chi connectivity index (χ0v) is 15.8. The molecule has 1 heterocycles. The van der Waals surface area contributed by atoms with Crippen LogP contribution in [0.4, 0.5) is 0 Å². The lowest BCUT2D eigenvalue weighted by Crippen LogP contribution is -2.59. The Hall–Kier alpha value is -1.73. The molecule has 6 heteroatoms. The largest absolute Gasteiger partial charge is 0.376 e. The standard InChI is InChI=1S/C20H25NO4S/c1-26(22,23)25-16-20-19(15-24-14-18-10-6-3-7-11-18)13-21(20)12-17-8-4-2-5-9-17/h2-11,19-20H,12-16H2,1H3. The van der Waals surface area contributed by atoms with Crippen LogP contribution in [0.15, 0.2) is 60.7 Å². The summed E-state index contributed by atoms with van der Waals surface area (Å²) >= 11 is 0. The van der Waals surface area contributed by atoms with E-state index in [4.69, 9.17) is 8.92 Å². The summed E-state index contributed by atoms with van der Waals surface area (Å²) in [6, 6.07) is 20.2. The molecule has 140 valence electrons. The Morgan fingerprint density at radius 2 is 1.58 bits per heavy atom. The zero-order valence-electron chi connectivity index (χ0n) is 15.0. The average Bonchev–Trinajstić information content (AvgIpc) is 2.61. The van der Waals surface area contributed by atoms with Crippen molar-refractivity contribution in [1.82, 2.24) is 4.90 Å². The van der Waals surface area contributed by atoms with Crippen molar-refractivity contribution in [2.45, 2.75) is 19.2 Å². The molecule has 0 bridgehead atoms. The molecule has 2 aromatic rings. The van der Waals surface area contributed by atoms with Crippen LogP contribution in [-0.4, -0.2) is 45.4 Å². The van der Waals surface area contributed by atoms with Gasteiger partial charge in [0.15, 0.2) is 0 Å². The summed E-state index contributed by atoms with van der Waals surface area (Å²) in [6.07, 6.45) is 1.09. The maximum absolute atomic E-state index is 11.4. The SMILES string of the molecule is CS(=O)(=O)OCC1C(COCc2ccccc2)CN1Cc1ccccc1. The Morgan fingerprint density at radius 1 is 0.962 bits per heavy atom. The molecule has 1 aliphatic rings. The third kappa shape index (κ3) is 5.64. The third-order valence-electron chi connectivity index (χ3n) is 4.61. The molecule has 0 spiro atoms. The summed E-state index contributed by atoms with van der Waals surface area (Å²) in [5.74, 6) is 0.268. The van der Waals surface area contributed by atoms with E-state index in [-0.39, 0.29) is 18.6 Å². The summed E-state index contributed by atoms with van der Waals surface area (Å²) < 4.78 is 33.7. The first-order chi connectivity index (χ1) is 12.5. The Labute approximate surface area is 155 Å². The van der Waals surface area contributed by atoms with E-state index < -0.39 is 10.1 Å². The van der Waals surface area contributed by atoms with Crippen molar-refractivity contribution in [1.29, 1.82) is 0 Å². The zero-order chi connectivity index (χ0) is 18.4. The Morgan fingerprint density at radius 3 is 2.19 bits per heavy atom. The van der Waals surface area contributed by atoms with Crippen LogP contribution in [0.5, 0.6) is 0 Å². The molecule has 0 radical (unpaired) electrons. The second kappa shape index (κ2) is 8.77. The van der Waals surface area contributed by atoms with Gasteiger partial charge in [-0.3, -0.25) is 9.08 Å². The minimum absolute atomic E-state index is 0.0423. The van der Waals surface area contributed by atoms with Gasteiger partial charge in [0.25, 0.3) is 10.1 Å². The highest BCUT2D eigenvalue weighted by Gasteiger charge is 2.39. The highest BCUT2D eigenvalue weighted by molar-refractivity contribution is 7.85. The molecule has 0 amide bonds. The van der Waals surface area contributed by atoms with Gasteiger partial charge in [-0.2, -0.15) is 8.42 Å². The third-order valence-corrected chi connectivity index (χ3v) is 5.17. The minimum Gasteiger partial charge on any atom is -0.376 e. The molecule has 1 saturated heterocycles. The average molecular weight is 375 g/mol. The van der Waals surface area contributed by atoms with Crippen LogP contribution in [-0.2, 0) is 32.2 Å². The second-order valence-corrected chi connectivity index (χ2v) is 8.38. The Bertz CT molecular complexity index is 778. The van der Waals surface area contributed by atoms with Crippen molar-refractivity contribution >= 4 is 10.1 Å². The van der Waals surface area contributed by atoms with E-state index >= 15 is 0 Å². The van der Waals surface area contributed by atoms with Gasteiger partial charge in [-0.05, 0) is 11.1 Å². The summed E-state index contributed by atoms with van der Waals surface area (Å²) in [7, 11) is -3.45. The van der Waals surface area contributed by atoms with Crippen LogP contribution in [0.25, 0.3) is 0 Å². The maximum atomic E-state index is 11.4. The molecule has 0 aromatic heterocycles. The summed E-state index contributed by atoms with van der Waals surface area (Å²) in [6.45, 7) is 2.99. The van der Waals surface area contributed by atoms with Crippen molar-refractivity contribution in [3.05, 3.63) is 71.8 Å². The van der Waals surface area contributed by atoms with Crippen LogP contribution in [0.2, 0.25) is 0 Å². The summed E-state index contributed by atoms with van der Waals surface area (Å²) in [5, 5.41) is 0. The molecule has 0 aliphatic carbocycles. The lowest BCUT2D eigenvalue weighted by Gasteiger charge is -2.47. The van der Waals surface area contributed by atoms with Gasteiger partial charge in [0, 0.05) is 25.0 Å². The fraction of sp³-hybridized carbons (Fsp3) is 0.400. The molecular formula is C20H25NO4S. The van der Waals surface area contributed by atoms with Crippen LogP contribution in [0.3, 0.4) is 0 Å². The molecule has 1 fully saturated rings. The first-order valence-electron chi connectivity index (χ1n) is 8.75. The molecule has 0 saturated carbocycles. The molecule has 1 aliphatic heterocycles. The number of benzene rings is 2. The number of rotatable bonds is 9. The molecular weight excluding hydrogens is 350 g/mol. The molecule has 3 rings (SSSR count). The molecule has 2 aromatic carbocycles. The quantitative estimate of drug-likeness (QED) is 0.631. The first-order valence-corrected chi connectivity index (χ1v) is 10.6. The van der Waals surface area contributed by atoms with Gasteiger partial charge in [0.1, 0.15) is 0 Å². The second-order valence-electron chi connectivity index (χ2n) is 6.73. The van der Waals surface area contributed by atoms with Crippen molar-refractivity contribution in [3.8, 4) is 0 Å². The van der Waals surface area contributed by atoms with Crippen LogP contribution in [0, 0.1) is 5.92 Å². The molecule has 0 N–H and O–H groups in total. The lowest BCUT2D eigenvalue weighted by molar-refractivity contribution is -0.0637. The van der Waals surface area contributed by atoms with Gasteiger partial charge < -0.3 is 4.74 Å². The number of hydrogen-bond donors (Lipinski definition) is 0. The fourth-order valence-corrected chi connectivity index (χ4v) is 3.61. The topological polar surface area (TPSA) is 55.8 Å². The van der Waals surface area contributed by atoms with Gasteiger partial charge in [-0.25, -0.2) is 0 Å². The molecule has 26 heavy (non-hydrogen) atoms.